The van der Waals surface area contributed by atoms with Crippen LogP contribution in [0.1, 0.15) is 41.0 Å². The number of halogens is 2. The van der Waals surface area contributed by atoms with Crippen LogP contribution in [-0.2, 0) is 29.2 Å². The van der Waals surface area contributed by atoms with E-state index in [1.807, 2.05) is 24.3 Å². The molecule has 220 valence electrons. The average Bonchev–Trinajstić information content (AvgIpc) is 3.31. The summed E-state index contributed by atoms with van der Waals surface area (Å²) in [6, 6.07) is 14.5. The second kappa shape index (κ2) is 12.9. The van der Waals surface area contributed by atoms with Gasteiger partial charge in [-0.3, -0.25) is 4.90 Å². The zero-order chi connectivity index (χ0) is 29.1. The van der Waals surface area contributed by atoms with Gasteiger partial charge in [0, 0.05) is 37.0 Å². The second-order valence-electron chi connectivity index (χ2n) is 10.6. The molecule has 6 rings (SSSR count). The molecule has 2 aliphatic heterocycles. The molecule has 1 atom stereocenters. The molecule has 2 saturated heterocycles. The van der Waals surface area contributed by atoms with E-state index >= 15 is 0 Å². The van der Waals surface area contributed by atoms with Gasteiger partial charge in [-0.15, -0.1) is 0 Å². The molecule has 4 heterocycles. The van der Waals surface area contributed by atoms with Gasteiger partial charge >= 0.3 is 5.97 Å². The molecule has 0 radical (unpaired) electrons. The van der Waals surface area contributed by atoms with Crippen LogP contribution in [0.2, 0.25) is 10.0 Å². The molecule has 2 aromatic heterocycles. The molecule has 11 heteroatoms. The number of ether oxygens (including phenoxy) is 4. The van der Waals surface area contributed by atoms with Gasteiger partial charge in [0.05, 0.1) is 47.9 Å². The van der Waals surface area contributed by atoms with Crippen molar-refractivity contribution in [1.82, 2.24) is 19.4 Å². The van der Waals surface area contributed by atoms with Crippen LogP contribution in [0.5, 0.6) is 11.6 Å². The Morgan fingerprint density at radius 1 is 1.07 bits per heavy atom. The minimum atomic E-state index is -0.355. The van der Waals surface area contributed by atoms with Gasteiger partial charge < -0.3 is 23.5 Å². The van der Waals surface area contributed by atoms with Crippen molar-refractivity contribution < 1.29 is 23.7 Å². The molecule has 2 fully saturated rings. The van der Waals surface area contributed by atoms with E-state index in [9.17, 15) is 4.79 Å². The summed E-state index contributed by atoms with van der Waals surface area (Å²) in [7, 11) is 1.39. The van der Waals surface area contributed by atoms with E-state index in [0.29, 0.717) is 46.9 Å². The van der Waals surface area contributed by atoms with Crippen LogP contribution in [0.25, 0.3) is 11.0 Å². The summed E-state index contributed by atoms with van der Waals surface area (Å²) < 4.78 is 25.0. The molecule has 2 aromatic carbocycles. The first-order valence-corrected chi connectivity index (χ1v) is 14.8. The Hall–Kier alpha value is -3.37. The Labute approximate surface area is 254 Å². The lowest BCUT2D eigenvalue weighted by Crippen LogP contribution is -2.39. The second-order valence-corrected chi connectivity index (χ2v) is 11.4. The number of hydrogen-bond donors (Lipinski definition) is 0. The third kappa shape index (κ3) is 6.65. The molecule has 0 bridgehead atoms. The van der Waals surface area contributed by atoms with Crippen molar-refractivity contribution >= 4 is 40.2 Å². The van der Waals surface area contributed by atoms with Crippen molar-refractivity contribution in [2.75, 3.05) is 26.8 Å². The minimum absolute atomic E-state index is 0.0698. The molecule has 0 aliphatic carbocycles. The van der Waals surface area contributed by atoms with Crippen LogP contribution < -0.4 is 9.47 Å². The SMILES string of the molecule is COC(=O)c1ccc2nc(CN3CCC(Oc4cc(COc5ccc(Cl)cc5Cl)ccn4)CC3)n(C[C@@H]3CCO3)c2c1. The maximum Gasteiger partial charge on any atom is 0.337 e. The molecular weight excluding hydrogens is 579 g/mol. The highest BCUT2D eigenvalue weighted by Crippen LogP contribution is 2.29. The molecule has 42 heavy (non-hydrogen) atoms. The quantitative estimate of drug-likeness (QED) is 0.204. The summed E-state index contributed by atoms with van der Waals surface area (Å²) in [5.74, 6) is 1.77. The van der Waals surface area contributed by atoms with E-state index < -0.39 is 0 Å². The van der Waals surface area contributed by atoms with Gasteiger partial charge in [0.25, 0.3) is 0 Å². The van der Waals surface area contributed by atoms with E-state index in [4.69, 9.17) is 47.1 Å². The van der Waals surface area contributed by atoms with E-state index in [1.54, 1.807) is 30.5 Å². The Kier molecular flexibility index (Phi) is 8.81. The summed E-state index contributed by atoms with van der Waals surface area (Å²) in [5.41, 5.74) is 3.25. The lowest BCUT2D eigenvalue weighted by molar-refractivity contribution is -0.0592. The van der Waals surface area contributed by atoms with Gasteiger partial charge in [0.15, 0.2) is 0 Å². The predicted octanol–water partition coefficient (Wildman–Crippen LogP) is 5.94. The van der Waals surface area contributed by atoms with Gasteiger partial charge in [0.2, 0.25) is 5.88 Å². The van der Waals surface area contributed by atoms with Crippen molar-refractivity contribution in [3.63, 3.8) is 0 Å². The number of piperidine rings is 1. The highest BCUT2D eigenvalue weighted by Gasteiger charge is 2.26. The maximum absolute atomic E-state index is 12.2. The topological polar surface area (TPSA) is 87.9 Å². The summed E-state index contributed by atoms with van der Waals surface area (Å²) in [4.78, 5) is 23.9. The third-order valence-corrected chi connectivity index (χ3v) is 8.23. The molecule has 2 aliphatic rings. The number of imidazole rings is 1. The lowest BCUT2D eigenvalue weighted by Gasteiger charge is -2.32. The Balaban J connectivity index is 1.07. The number of carbonyl (C=O) groups excluding carboxylic acids is 1. The van der Waals surface area contributed by atoms with Crippen LogP contribution in [0.15, 0.2) is 54.7 Å². The van der Waals surface area contributed by atoms with Crippen LogP contribution >= 0.6 is 23.2 Å². The van der Waals surface area contributed by atoms with Crippen molar-refractivity contribution in [3.05, 3.63) is 81.7 Å². The molecule has 0 unspecified atom stereocenters. The number of nitrogens with zero attached hydrogens (tertiary/aromatic N) is 4. The maximum atomic E-state index is 12.2. The Bertz CT molecular complexity index is 1570. The Morgan fingerprint density at radius 3 is 2.64 bits per heavy atom. The molecule has 0 spiro atoms. The number of carbonyl (C=O) groups is 1. The van der Waals surface area contributed by atoms with Crippen molar-refractivity contribution in [1.29, 1.82) is 0 Å². The average molecular weight is 612 g/mol. The molecule has 0 saturated carbocycles. The van der Waals surface area contributed by atoms with E-state index in [-0.39, 0.29) is 18.2 Å². The fourth-order valence-corrected chi connectivity index (χ4v) is 5.75. The summed E-state index contributed by atoms with van der Waals surface area (Å²) >= 11 is 12.2. The standard InChI is InChI=1S/C31H32Cl2N4O5/c1-39-31(38)21-2-4-26-27(15-21)37(17-24-9-13-40-24)29(35-26)18-36-11-7-23(8-12-36)42-30-14-20(6-10-34-30)19-41-28-5-3-22(32)16-25(28)33/h2-6,10,14-16,23-24H,7-9,11-13,17-19H2,1H3/t24-/m0/s1. The third-order valence-electron chi connectivity index (χ3n) is 7.70. The van der Waals surface area contributed by atoms with Crippen LogP contribution in [-0.4, -0.2) is 64.4 Å². The number of benzene rings is 2. The number of fused-ring (bicyclic) bond motifs is 1. The number of pyridine rings is 1. The van der Waals surface area contributed by atoms with Gasteiger partial charge in [-0.05, 0) is 67.3 Å². The van der Waals surface area contributed by atoms with E-state index in [0.717, 1.165) is 61.4 Å². The fourth-order valence-electron chi connectivity index (χ4n) is 5.29. The first kappa shape index (κ1) is 28.7. The molecule has 4 aromatic rings. The van der Waals surface area contributed by atoms with E-state index in [2.05, 4.69) is 14.5 Å². The summed E-state index contributed by atoms with van der Waals surface area (Å²) in [5, 5.41) is 1.03. The van der Waals surface area contributed by atoms with Gasteiger partial charge in [0.1, 0.15) is 24.3 Å². The fraction of sp³-hybridized carbons (Fsp3) is 0.387. The largest absolute Gasteiger partial charge is 0.487 e. The molecule has 0 amide bonds. The molecule has 9 nitrogen and oxygen atoms in total. The number of esters is 1. The number of likely N-dealkylation sites (tertiary alicyclic amines) is 1. The summed E-state index contributed by atoms with van der Waals surface area (Å²) in [6.07, 6.45) is 4.74. The highest BCUT2D eigenvalue weighted by molar-refractivity contribution is 6.35. The predicted molar refractivity (Wildman–Crippen MR) is 159 cm³/mol. The minimum Gasteiger partial charge on any atom is -0.487 e. The highest BCUT2D eigenvalue weighted by atomic mass is 35.5. The number of rotatable bonds is 10. The van der Waals surface area contributed by atoms with Crippen molar-refractivity contribution in [2.45, 2.75) is 51.2 Å². The van der Waals surface area contributed by atoms with Gasteiger partial charge in [-0.25, -0.2) is 14.8 Å². The zero-order valence-electron chi connectivity index (χ0n) is 23.3. The number of methoxy groups -OCH3 is 1. The first-order chi connectivity index (χ1) is 20.4. The van der Waals surface area contributed by atoms with E-state index in [1.165, 1.54) is 7.11 Å². The zero-order valence-corrected chi connectivity index (χ0v) is 24.8. The number of hydrogen-bond acceptors (Lipinski definition) is 8. The van der Waals surface area contributed by atoms with Crippen LogP contribution in [0.3, 0.4) is 0 Å². The van der Waals surface area contributed by atoms with Gasteiger partial charge in [-0.1, -0.05) is 23.2 Å². The van der Waals surface area contributed by atoms with Crippen molar-refractivity contribution in [3.8, 4) is 11.6 Å². The van der Waals surface area contributed by atoms with Gasteiger partial charge in [-0.2, -0.15) is 0 Å². The lowest BCUT2D eigenvalue weighted by atomic mass is 10.1. The smallest absolute Gasteiger partial charge is 0.337 e. The van der Waals surface area contributed by atoms with Crippen LogP contribution in [0.4, 0.5) is 0 Å². The molecule has 0 N–H and O–H groups in total. The first-order valence-electron chi connectivity index (χ1n) is 14.1. The Morgan fingerprint density at radius 2 is 1.90 bits per heavy atom. The van der Waals surface area contributed by atoms with Crippen LogP contribution in [0, 0.1) is 0 Å². The van der Waals surface area contributed by atoms with Crippen molar-refractivity contribution in [2.24, 2.45) is 0 Å². The number of aromatic nitrogens is 3. The monoisotopic (exact) mass is 610 g/mol. The normalized spacial score (nSPS) is 17.6. The molecular formula is C31H32Cl2N4O5. The summed E-state index contributed by atoms with van der Waals surface area (Å²) in [6.45, 7) is 4.30.